The predicted octanol–water partition coefficient (Wildman–Crippen LogP) is 2.37. The number of nitrogens with one attached hydrogen (secondary N) is 1. The Labute approximate surface area is 118 Å². The number of aryl methyl sites for hydroxylation is 1. The van der Waals surface area contributed by atoms with Gasteiger partial charge in [-0.05, 0) is 37.8 Å². The van der Waals surface area contributed by atoms with Crippen LogP contribution in [0.5, 0.6) is 0 Å². The van der Waals surface area contributed by atoms with Gasteiger partial charge in [0.15, 0.2) is 5.82 Å². The lowest BCUT2D eigenvalue weighted by Gasteiger charge is -2.34. The molecule has 5 heteroatoms. The molecule has 3 N–H and O–H groups in total. The molecule has 0 radical (unpaired) electrons. The molecule has 1 aromatic heterocycles. The Kier molecular flexibility index (Phi) is 3.44. The van der Waals surface area contributed by atoms with E-state index in [2.05, 4.69) is 34.5 Å². The molecule has 5 nitrogen and oxygen atoms in total. The molecular weight excluding hydrogens is 252 g/mol. The zero-order chi connectivity index (χ0) is 14.0. The van der Waals surface area contributed by atoms with Crippen LogP contribution in [0.25, 0.3) is 0 Å². The van der Waals surface area contributed by atoms with E-state index < -0.39 is 0 Å². The van der Waals surface area contributed by atoms with Crippen LogP contribution in [0.4, 0.5) is 5.69 Å². The second kappa shape index (κ2) is 5.25. The van der Waals surface area contributed by atoms with Crippen LogP contribution in [-0.2, 0) is 12.0 Å². The van der Waals surface area contributed by atoms with Crippen molar-refractivity contribution in [1.82, 2.24) is 10.1 Å². The summed E-state index contributed by atoms with van der Waals surface area (Å²) in [4.78, 5) is 4.41. The summed E-state index contributed by atoms with van der Waals surface area (Å²) < 4.78 is 5.27. The van der Waals surface area contributed by atoms with E-state index in [-0.39, 0.29) is 5.54 Å². The van der Waals surface area contributed by atoms with Crippen LogP contribution in [0, 0.1) is 6.92 Å². The van der Waals surface area contributed by atoms with Crippen LogP contribution in [-0.4, -0.2) is 16.7 Å². The standard InChI is InChI=1S/C15H20N4O/c1-11-5-2-3-6-12(11)17-10-7-13-18-14(19-20-13)15(16)8-4-9-15/h2-3,5-6,17H,4,7-10,16H2,1H3. The molecule has 3 rings (SSSR count). The van der Waals surface area contributed by atoms with Gasteiger partial charge in [-0.25, -0.2) is 0 Å². The SMILES string of the molecule is Cc1ccccc1NCCc1nc(C2(N)CCC2)no1. The summed E-state index contributed by atoms with van der Waals surface area (Å²) in [5.74, 6) is 1.31. The lowest BCUT2D eigenvalue weighted by Crippen LogP contribution is -2.44. The van der Waals surface area contributed by atoms with Gasteiger partial charge in [0, 0.05) is 18.7 Å². The molecule has 106 valence electrons. The van der Waals surface area contributed by atoms with Crippen LogP contribution >= 0.6 is 0 Å². The minimum Gasteiger partial charge on any atom is -0.384 e. The van der Waals surface area contributed by atoms with Crippen LogP contribution in [0.2, 0.25) is 0 Å². The van der Waals surface area contributed by atoms with Crippen LogP contribution in [0.1, 0.15) is 36.5 Å². The third-order valence-electron chi connectivity index (χ3n) is 3.96. The van der Waals surface area contributed by atoms with Crippen molar-refractivity contribution in [2.75, 3.05) is 11.9 Å². The molecule has 0 unspecified atom stereocenters. The maximum Gasteiger partial charge on any atom is 0.228 e. The molecule has 1 fully saturated rings. The summed E-state index contributed by atoms with van der Waals surface area (Å²) in [6, 6.07) is 8.21. The lowest BCUT2D eigenvalue weighted by atomic mass is 9.77. The molecule has 0 amide bonds. The van der Waals surface area contributed by atoms with E-state index in [0.29, 0.717) is 18.1 Å². The third-order valence-corrected chi connectivity index (χ3v) is 3.96. The van der Waals surface area contributed by atoms with Gasteiger partial charge >= 0.3 is 0 Å². The molecule has 1 heterocycles. The fourth-order valence-corrected chi connectivity index (χ4v) is 2.42. The van der Waals surface area contributed by atoms with Gasteiger partial charge in [0.2, 0.25) is 5.89 Å². The quantitative estimate of drug-likeness (QED) is 0.873. The number of aromatic nitrogens is 2. The summed E-state index contributed by atoms with van der Waals surface area (Å²) in [7, 11) is 0. The van der Waals surface area contributed by atoms with E-state index in [1.165, 1.54) is 5.56 Å². The maximum atomic E-state index is 6.18. The normalized spacial score (nSPS) is 16.7. The van der Waals surface area contributed by atoms with Gasteiger partial charge in [-0.15, -0.1) is 0 Å². The molecule has 0 spiro atoms. The largest absolute Gasteiger partial charge is 0.384 e. The number of para-hydroxylation sites is 1. The number of rotatable bonds is 5. The first-order valence-electron chi connectivity index (χ1n) is 7.09. The Morgan fingerprint density at radius 2 is 2.15 bits per heavy atom. The first-order valence-corrected chi connectivity index (χ1v) is 7.09. The van der Waals surface area contributed by atoms with E-state index in [1.54, 1.807) is 0 Å². The number of hydrogen-bond donors (Lipinski definition) is 2. The number of benzene rings is 1. The maximum absolute atomic E-state index is 6.18. The topological polar surface area (TPSA) is 77.0 Å². The summed E-state index contributed by atoms with van der Waals surface area (Å²) >= 11 is 0. The molecule has 0 bridgehead atoms. The van der Waals surface area contributed by atoms with Crippen molar-refractivity contribution < 1.29 is 4.52 Å². The highest BCUT2D eigenvalue weighted by Gasteiger charge is 2.38. The first-order chi connectivity index (χ1) is 9.67. The molecule has 1 aromatic carbocycles. The molecular formula is C15H20N4O. The highest BCUT2D eigenvalue weighted by molar-refractivity contribution is 5.50. The van der Waals surface area contributed by atoms with Crippen molar-refractivity contribution in [3.05, 3.63) is 41.5 Å². The zero-order valence-corrected chi connectivity index (χ0v) is 11.7. The predicted molar refractivity (Wildman–Crippen MR) is 77.4 cm³/mol. The Bertz CT molecular complexity index is 589. The van der Waals surface area contributed by atoms with Crippen LogP contribution < -0.4 is 11.1 Å². The zero-order valence-electron chi connectivity index (χ0n) is 11.7. The Balaban J connectivity index is 1.55. The van der Waals surface area contributed by atoms with Crippen molar-refractivity contribution in [2.24, 2.45) is 5.73 Å². The summed E-state index contributed by atoms with van der Waals surface area (Å²) in [6.45, 7) is 2.85. The summed E-state index contributed by atoms with van der Waals surface area (Å²) in [5.41, 5.74) is 8.21. The van der Waals surface area contributed by atoms with E-state index in [0.717, 1.165) is 31.5 Å². The van der Waals surface area contributed by atoms with Crippen molar-refractivity contribution >= 4 is 5.69 Å². The highest BCUT2D eigenvalue weighted by atomic mass is 16.5. The fourth-order valence-electron chi connectivity index (χ4n) is 2.42. The smallest absolute Gasteiger partial charge is 0.228 e. The molecule has 1 saturated carbocycles. The van der Waals surface area contributed by atoms with Crippen LogP contribution in [0.3, 0.4) is 0 Å². The van der Waals surface area contributed by atoms with Gasteiger partial charge in [-0.3, -0.25) is 0 Å². The number of nitrogens with two attached hydrogens (primary N) is 1. The Morgan fingerprint density at radius 1 is 1.35 bits per heavy atom. The molecule has 0 saturated heterocycles. The number of hydrogen-bond acceptors (Lipinski definition) is 5. The molecule has 0 atom stereocenters. The molecule has 2 aromatic rings. The van der Waals surface area contributed by atoms with Crippen molar-refractivity contribution in [2.45, 2.75) is 38.1 Å². The minimum absolute atomic E-state index is 0.342. The van der Waals surface area contributed by atoms with E-state index >= 15 is 0 Å². The van der Waals surface area contributed by atoms with Crippen molar-refractivity contribution in [3.8, 4) is 0 Å². The van der Waals surface area contributed by atoms with Crippen molar-refractivity contribution in [1.29, 1.82) is 0 Å². The number of nitrogens with zero attached hydrogens (tertiary/aromatic N) is 2. The first kappa shape index (κ1) is 13.1. The van der Waals surface area contributed by atoms with Gasteiger partial charge in [0.25, 0.3) is 0 Å². The van der Waals surface area contributed by atoms with Crippen molar-refractivity contribution in [3.63, 3.8) is 0 Å². The van der Waals surface area contributed by atoms with Gasteiger partial charge in [-0.1, -0.05) is 23.4 Å². The van der Waals surface area contributed by atoms with Gasteiger partial charge in [0.1, 0.15) is 0 Å². The van der Waals surface area contributed by atoms with Gasteiger partial charge in [-0.2, -0.15) is 4.98 Å². The lowest BCUT2D eigenvalue weighted by molar-refractivity contribution is 0.229. The monoisotopic (exact) mass is 272 g/mol. The van der Waals surface area contributed by atoms with E-state index in [4.69, 9.17) is 10.3 Å². The molecule has 20 heavy (non-hydrogen) atoms. The Hall–Kier alpha value is -1.88. The average Bonchev–Trinajstić information content (AvgIpc) is 2.87. The molecule has 1 aliphatic rings. The fraction of sp³-hybridized carbons (Fsp3) is 0.467. The van der Waals surface area contributed by atoms with Crippen LogP contribution in [0.15, 0.2) is 28.8 Å². The molecule has 1 aliphatic carbocycles. The Morgan fingerprint density at radius 3 is 2.85 bits per heavy atom. The van der Waals surface area contributed by atoms with E-state index in [9.17, 15) is 0 Å². The summed E-state index contributed by atoms with van der Waals surface area (Å²) in [6.07, 6.45) is 3.76. The average molecular weight is 272 g/mol. The second-order valence-corrected chi connectivity index (χ2v) is 5.51. The van der Waals surface area contributed by atoms with Gasteiger partial charge in [0.05, 0.1) is 5.54 Å². The van der Waals surface area contributed by atoms with E-state index in [1.807, 2.05) is 12.1 Å². The summed E-state index contributed by atoms with van der Waals surface area (Å²) in [5, 5.41) is 7.39. The molecule has 0 aliphatic heterocycles. The van der Waals surface area contributed by atoms with Gasteiger partial charge < -0.3 is 15.6 Å². The number of anilines is 1. The second-order valence-electron chi connectivity index (χ2n) is 5.51. The third kappa shape index (κ3) is 2.54. The highest BCUT2D eigenvalue weighted by Crippen LogP contribution is 2.36. The minimum atomic E-state index is -0.342.